The van der Waals surface area contributed by atoms with Crippen molar-refractivity contribution >= 4 is 5.82 Å². The predicted octanol–water partition coefficient (Wildman–Crippen LogP) is 2.32. The van der Waals surface area contributed by atoms with Crippen molar-refractivity contribution in [3.63, 3.8) is 0 Å². The van der Waals surface area contributed by atoms with Crippen LogP contribution in [0.4, 0.5) is 5.82 Å². The van der Waals surface area contributed by atoms with E-state index in [4.69, 9.17) is 9.47 Å². The van der Waals surface area contributed by atoms with Crippen molar-refractivity contribution < 1.29 is 14.4 Å². The van der Waals surface area contributed by atoms with Crippen molar-refractivity contribution in [2.75, 3.05) is 0 Å². The van der Waals surface area contributed by atoms with E-state index in [0.29, 0.717) is 5.75 Å². The smallest absolute Gasteiger partial charge is 0.410 e. The molecule has 1 aliphatic carbocycles. The highest BCUT2D eigenvalue weighted by Crippen LogP contribution is 2.38. The zero-order valence-electron chi connectivity index (χ0n) is 9.75. The van der Waals surface area contributed by atoms with Crippen LogP contribution in [0.1, 0.15) is 26.7 Å². The van der Waals surface area contributed by atoms with Crippen LogP contribution in [-0.4, -0.2) is 22.1 Å². The second-order valence-corrected chi connectivity index (χ2v) is 4.20. The van der Waals surface area contributed by atoms with Crippen LogP contribution in [0.25, 0.3) is 0 Å². The second-order valence-electron chi connectivity index (χ2n) is 4.20. The molecule has 0 spiro atoms. The molecule has 0 aliphatic heterocycles. The van der Waals surface area contributed by atoms with Crippen molar-refractivity contribution in [1.29, 1.82) is 0 Å². The Kier molecular flexibility index (Phi) is 3.12. The highest BCUT2D eigenvalue weighted by atomic mass is 16.6. The number of rotatable bonds is 5. The lowest BCUT2D eigenvalue weighted by Crippen LogP contribution is -2.10. The maximum Gasteiger partial charge on any atom is 0.410 e. The molecular formula is C11H14N2O4. The highest BCUT2D eigenvalue weighted by molar-refractivity contribution is 5.51. The molecule has 0 radical (unpaired) electrons. The number of hydrogen-bond donors (Lipinski definition) is 0. The lowest BCUT2D eigenvalue weighted by atomic mass is 10.3. The number of nitrogens with zero attached hydrogens (tertiary/aromatic N) is 2. The van der Waals surface area contributed by atoms with Crippen LogP contribution in [0.15, 0.2) is 12.3 Å². The van der Waals surface area contributed by atoms with Crippen LogP contribution in [0.5, 0.6) is 11.5 Å². The maximum atomic E-state index is 10.9. The Hall–Kier alpha value is -1.85. The molecule has 0 unspecified atom stereocenters. The number of nitro groups is 1. The summed E-state index contributed by atoms with van der Waals surface area (Å²) in [7, 11) is 0. The minimum absolute atomic E-state index is 0.124. The minimum atomic E-state index is -0.558. The fourth-order valence-electron chi connectivity index (χ4n) is 1.35. The summed E-state index contributed by atoms with van der Waals surface area (Å²) in [6.07, 6.45) is 3.32. The Bertz CT molecular complexity index is 429. The number of pyridine rings is 1. The van der Waals surface area contributed by atoms with E-state index in [0.717, 1.165) is 12.8 Å². The summed E-state index contributed by atoms with van der Waals surface area (Å²) in [6, 6.07) is 1.60. The zero-order chi connectivity index (χ0) is 12.4. The van der Waals surface area contributed by atoms with E-state index in [2.05, 4.69) is 4.98 Å². The van der Waals surface area contributed by atoms with Gasteiger partial charge in [-0.1, -0.05) is 0 Å². The molecule has 0 aromatic carbocycles. The quantitative estimate of drug-likeness (QED) is 0.581. The monoisotopic (exact) mass is 238 g/mol. The summed E-state index contributed by atoms with van der Waals surface area (Å²) in [6.45, 7) is 3.61. The van der Waals surface area contributed by atoms with Crippen LogP contribution in [0.2, 0.25) is 0 Å². The minimum Gasteiger partial charge on any atom is -0.486 e. The van der Waals surface area contributed by atoms with Crippen LogP contribution in [-0.2, 0) is 0 Å². The number of aromatic nitrogens is 1. The first kappa shape index (κ1) is 11.6. The molecule has 0 atom stereocenters. The fourth-order valence-corrected chi connectivity index (χ4v) is 1.35. The molecular weight excluding hydrogens is 224 g/mol. The molecule has 1 saturated carbocycles. The maximum absolute atomic E-state index is 10.9. The third kappa shape index (κ3) is 2.83. The van der Waals surface area contributed by atoms with Gasteiger partial charge in [-0.05, 0) is 36.6 Å². The topological polar surface area (TPSA) is 74.5 Å². The molecule has 92 valence electrons. The van der Waals surface area contributed by atoms with Gasteiger partial charge in [0, 0.05) is 6.07 Å². The zero-order valence-corrected chi connectivity index (χ0v) is 9.75. The van der Waals surface area contributed by atoms with Gasteiger partial charge in [-0.15, -0.1) is 0 Å². The van der Waals surface area contributed by atoms with Crippen molar-refractivity contribution in [1.82, 2.24) is 4.98 Å². The van der Waals surface area contributed by atoms with Crippen molar-refractivity contribution in [3.8, 4) is 11.5 Å². The Balaban J connectivity index is 2.34. The van der Waals surface area contributed by atoms with Gasteiger partial charge in [-0.2, -0.15) is 0 Å². The van der Waals surface area contributed by atoms with E-state index in [1.807, 2.05) is 0 Å². The average molecular weight is 238 g/mol. The van der Waals surface area contributed by atoms with Gasteiger partial charge < -0.3 is 19.6 Å². The van der Waals surface area contributed by atoms with Crippen molar-refractivity contribution in [3.05, 3.63) is 22.4 Å². The first-order chi connectivity index (χ1) is 8.08. The summed E-state index contributed by atoms with van der Waals surface area (Å²) < 4.78 is 11.0. The van der Waals surface area contributed by atoms with Gasteiger partial charge in [-0.3, -0.25) is 0 Å². The van der Waals surface area contributed by atoms with Crippen molar-refractivity contribution in [2.45, 2.75) is 38.9 Å². The highest BCUT2D eigenvalue weighted by Gasteiger charge is 2.29. The van der Waals surface area contributed by atoms with Gasteiger partial charge in [0.2, 0.25) is 0 Å². The van der Waals surface area contributed by atoms with E-state index < -0.39 is 4.92 Å². The molecule has 1 aromatic heterocycles. The molecule has 0 N–H and O–H groups in total. The summed E-state index contributed by atoms with van der Waals surface area (Å²) in [4.78, 5) is 14.0. The Morgan fingerprint density at radius 3 is 2.76 bits per heavy atom. The summed E-state index contributed by atoms with van der Waals surface area (Å²) in [5.41, 5.74) is 0. The van der Waals surface area contributed by atoms with Gasteiger partial charge in [-0.25, -0.2) is 0 Å². The third-order valence-electron chi connectivity index (χ3n) is 2.19. The third-order valence-corrected chi connectivity index (χ3v) is 2.19. The molecule has 6 heteroatoms. The number of hydrogen-bond acceptors (Lipinski definition) is 5. The average Bonchev–Trinajstić information content (AvgIpc) is 3.03. The molecule has 1 aromatic rings. The normalized spacial score (nSPS) is 14.8. The van der Waals surface area contributed by atoms with E-state index >= 15 is 0 Å². The standard InChI is InChI=1S/C11H14N2O4/c1-7(2)16-10-9(17-8-3-4-8)5-6-12-11(10)13(14)15/h5-8H,3-4H2,1-2H3. The summed E-state index contributed by atoms with van der Waals surface area (Å²) >= 11 is 0. The van der Waals surface area contributed by atoms with E-state index in [9.17, 15) is 10.1 Å². The van der Waals surface area contributed by atoms with Gasteiger partial charge >= 0.3 is 5.82 Å². The molecule has 2 rings (SSSR count). The largest absolute Gasteiger partial charge is 0.486 e. The molecule has 0 saturated heterocycles. The molecule has 1 fully saturated rings. The molecule has 1 heterocycles. The van der Waals surface area contributed by atoms with Crippen LogP contribution < -0.4 is 9.47 Å². The first-order valence-corrected chi connectivity index (χ1v) is 5.54. The predicted molar refractivity (Wildman–Crippen MR) is 60.3 cm³/mol. The van der Waals surface area contributed by atoms with Gasteiger partial charge in [0.05, 0.1) is 12.2 Å². The lowest BCUT2D eigenvalue weighted by molar-refractivity contribution is -0.390. The van der Waals surface area contributed by atoms with Gasteiger partial charge in [0.1, 0.15) is 6.20 Å². The van der Waals surface area contributed by atoms with Crippen LogP contribution in [0, 0.1) is 10.1 Å². The Morgan fingerprint density at radius 2 is 2.24 bits per heavy atom. The van der Waals surface area contributed by atoms with Crippen LogP contribution >= 0.6 is 0 Å². The first-order valence-electron chi connectivity index (χ1n) is 5.54. The molecule has 0 amide bonds. The van der Waals surface area contributed by atoms with E-state index in [1.54, 1.807) is 19.9 Å². The lowest BCUT2D eigenvalue weighted by Gasteiger charge is -2.13. The molecule has 6 nitrogen and oxygen atoms in total. The summed E-state index contributed by atoms with van der Waals surface area (Å²) in [5, 5.41) is 10.9. The van der Waals surface area contributed by atoms with Crippen LogP contribution in [0.3, 0.4) is 0 Å². The molecule has 1 aliphatic rings. The summed E-state index contributed by atoms with van der Waals surface area (Å²) in [5.74, 6) is 0.235. The van der Waals surface area contributed by atoms with Gasteiger partial charge in [0.15, 0.2) is 5.75 Å². The fraction of sp³-hybridized carbons (Fsp3) is 0.545. The Morgan fingerprint density at radius 1 is 1.53 bits per heavy atom. The van der Waals surface area contributed by atoms with Crippen molar-refractivity contribution in [2.24, 2.45) is 0 Å². The van der Waals surface area contributed by atoms with E-state index in [1.165, 1.54) is 6.20 Å². The molecule has 17 heavy (non-hydrogen) atoms. The SMILES string of the molecule is CC(C)Oc1c(OC2CC2)ccnc1[N+](=O)[O-]. The number of ether oxygens (including phenoxy) is 2. The Labute approximate surface area is 98.7 Å². The second kappa shape index (κ2) is 4.57. The van der Waals surface area contributed by atoms with E-state index in [-0.39, 0.29) is 23.8 Å². The molecule has 0 bridgehead atoms. The van der Waals surface area contributed by atoms with Gasteiger partial charge in [0.25, 0.3) is 5.75 Å².